The molecule has 2 aliphatic carbocycles. The summed E-state index contributed by atoms with van der Waals surface area (Å²) in [7, 11) is 4.04. The molecule has 2 saturated carbocycles. The molecule has 0 aromatic rings. The normalized spacial score (nSPS) is 21.7. The standard InChI is InChI=1S/C19H35NO2.ClH/c1-20(2)15-16-22-18(21)19(12-7-4-8-13-19)14-11-17-9-5-3-6-10-17;/h17H,3-16H2,1-2H3;1H. The number of likely N-dealkylation sites (N-methyl/N-ethyl adjacent to an activating group) is 1. The number of hydrogen-bond acceptors (Lipinski definition) is 3. The minimum absolute atomic E-state index is 0. The van der Waals surface area contributed by atoms with Crippen LogP contribution in [0.2, 0.25) is 0 Å². The third-order valence-corrected chi connectivity index (χ3v) is 5.77. The highest BCUT2D eigenvalue weighted by Gasteiger charge is 2.40. The Kier molecular flexibility index (Phi) is 9.53. The van der Waals surface area contributed by atoms with Crippen molar-refractivity contribution in [1.82, 2.24) is 4.90 Å². The van der Waals surface area contributed by atoms with Gasteiger partial charge in [-0.2, -0.15) is 0 Å². The summed E-state index contributed by atoms with van der Waals surface area (Å²) in [5.41, 5.74) is -0.151. The number of ether oxygens (including phenoxy) is 1. The molecule has 0 amide bonds. The van der Waals surface area contributed by atoms with E-state index in [9.17, 15) is 4.79 Å². The summed E-state index contributed by atoms with van der Waals surface area (Å²) < 4.78 is 5.65. The lowest BCUT2D eigenvalue weighted by Gasteiger charge is -2.36. The molecule has 0 bridgehead atoms. The van der Waals surface area contributed by atoms with E-state index in [0.29, 0.717) is 6.61 Å². The van der Waals surface area contributed by atoms with E-state index in [-0.39, 0.29) is 23.8 Å². The smallest absolute Gasteiger partial charge is 0.312 e. The van der Waals surface area contributed by atoms with Crippen LogP contribution in [-0.4, -0.2) is 38.1 Å². The molecule has 23 heavy (non-hydrogen) atoms. The van der Waals surface area contributed by atoms with Gasteiger partial charge in [0.2, 0.25) is 0 Å². The molecule has 136 valence electrons. The van der Waals surface area contributed by atoms with Crippen molar-refractivity contribution in [3.63, 3.8) is 0 Å². The quantitative estimate of drug-likeness (QED) is 0.619. The first-order valence-corrected chi connectivity index (χ1v) is 9.44. The van der Waals surface area contributed by atoms with Crippen molar-refractivity contribution in [3.8, 4) is 0 Å². The van der Waals surface area contributed by atoms with Gasteiger partial charge in [-0.25, -0.2) is 0 Å². The van der Waals surface area contributed by atoms with Crippen LogP contribution in [0.3, 0.4) is 0 Å². The predicted molar refractivity (Wildman–Crippen MR) is 98.1 cm³/mol. The van der Waals surface area contributed by atoms with Gasteiger partial charge in [-0.1, -0.05) is 51.4 Å². The van der Waals surface area contributed by atoms with E-state index < -0.39 is 0 Å². The minimum Gasteiger partial charge on any atom is -0.464 e. The number of rotatable bonds is 7. The summed E-state index contributed by atoms with van der Waals surface area (Å²) in [6.07, 6.45) is 15.1. The largest absolute Gasteiger partial charge is 0.464 e. The Labute approximate surface area is 148 Å². The molecule has 0 atom stereocenters. The fraction of sp³-hybridized carbons (Fsp3) is 0.947. The lowest BCUT2D eigenvalue weighted by molar-refractivity contribution is -0.159. The van der Waals surface area contributed by atoms with Gasteiger partial charge in [-0.05, 0) is 45.7 Å². The van der Waals surface area contributed by atoms with Gasteiger partial charge in [0.05, 0.1) is 5.41 Å². The van der Waals surface area contributed by atoms with Crippen LogP contribution in [0.4, 0.5) is 0 Å². The first-order valence-electron chi connectivity index (χ1n) is 9.44. The number of halogens is 1. The van der Waals surface area contributed by atoms with E-state index in [1.54, 1.807) is 0 Å². The molecule has 2 rings (SSSR count). The second-order valence-electron chi connectivity index (χ2n) is 7.82. The first-order chi connectivity index (χ1) is 10.6. The third kappa shape index (κ3) is 6.62. The van der Waals surface area contributed by atoms with Gasteiger partial charge < -0.3 is 9.64 Å². The number of esters is 1. The van der Waals surface area contributed by atoms with Crippen molar-refractivity contribution < 1.29 is 9.53 Å². The fourth-order valence-electron chi connectivity index (χ4n) is 4.21. The van der Waals surface area contributed by atoms with Gasteiger partial charge in [0.15, 0.2) is 0 Å². The first kappa shape index (κ1) is 20.8. The maximum Gasteiger partial charge on any atom is 0.312 e. The molecule has 0 spiro atoms. The van der Waals surface area contributed by atoms with Gasteiger partial charge in [0.25, 0.3) is 0 Å². The molecule has 0 aliphatic heterocycles. The summed E-state index contributed by atoms with van der Waals surface area (Å²) >= 11 is 0. The Morgan fingerprint density at radius 1 is 1.04 bits per heavy atom. The molecule has 2 aliphatic rings. The molecule has 0 saturated heterocycles. The lowest BCUT2D eigenvalue weighted by atomic mass is 9.69. The Hall–Kier alpha value is -0.280. The highest BCUT2D eigenvalue weighted by molar-refractivity contribution is 5.85. The molecule has 0 heterocycles. The van der Waals surface area contributed by atoms with E-state index in [0.717, 1.165) is 31.7 Å². The van der Waals surface area contributed by atoms with Crippen LogP contribution in [0.25, 0.3) is 0 Å². The van der Waals surface area contributed by atoms with Crippen molar-refractivity contribution in [2.45, 2.75) is 77.0 Å². The number of hydrogen-bond donors (Lipinski definition) is 0. The zero-order valence-electron chi connectivity index (χ0n) is 15.1. The predicted octanol–water partition coefficient (Wildman–Crippen LogP) is 4.82. The maximum atomic E-state index is 12.7. The molecule has 3 nitrogen and oxygen atoms in total. The van der Waals surface area contributed by atoms with Crippen molar-refractivity contribution in [1.29, 1.82) is 0 Å². The Morgan fingerprint density at radius 3 is 2.26 bits per heavy atom. The molecule has 0 aromatic heterocycles. The van der Waals surface area contributed by atoms with Crippen molar-refractivity contribution >= 4 is 18.4 Å². The summed E-state index contributed by atoms with van der Waals surface area (Å²) in [6.45, 7) is 1.36. The molecule has 4 heteroatoms. The average molecular weight is 346 g/mol. The average Bonchev–Trinajstić information content (AvgIpc) is 2.54. The lowest BCUT2D eigenvalue weighted by Crippen LogP contribution is -2.37. The van der Waals surface area contributed by atoms with Crippen molar-refractivity contribution in [2.24, 2.45) is 11.3 Å². The van der Waals surface area contributed by atoms with Gasteiger partial charge >= 0.3 is 5.97 Å². The summed E-state index contributed by atoms with van der Waals surface area (Å²) in [4.78, 5) is 14.8. The Balaban J connectivity index is 0.00000264. The minimum atomic E-state index is -0.151. The molecule has 2 fully saturated rings. The summed E-state index contributed by atoms with van der Waals surface area (Å²) in [5.74, 6) is 0.965. The molecular weight excluding hydrogens is 310 g/mol. The topological polar surface area (TPSA) is 29.5 Å². The highest BCUT2D eigenvalue weighted by atomic mass is 35.5. The molecule has 0 unspecified atom stereocenters. The van der Waals surface area contributed by atoms with Crippen LogP contribution in [0.1, 0.15) is 77.0 Å². The molecule has 0 aromatic carbocycles. The third-order valence-electron chi connectivity index (χ3n) is 5.77. The molecular formula is C19H36ClNO2. The van der Waals surface area contributed by atoms with Gasteiger partial charge in [-0.15, -0.1) is 12.4 Å². The summed E-state index contributed by atoms with van der Waals surface area (Å²) in [6, 6.07) is 0. The second kappa shape index (κ2) is 10.6. The zero-order chi connectivity index (χ0) is 15.8. The highest BCUT2D eigenvalue weighted by Crippen LogP contribution is 2.43. The monoisotopic (exact) mass is 345 g/mol. The second-order valence-corrected chi connectivity index (χ2v) is 7.82. The van der Waals surface area contributed by atoms with Gasteiger partial charge in [0.1, 0.15) is 6.61 Å². The van der Waals surface area contributed by atoms with Crippen molar-refractivity contribution in [2.75, 3.05) is 27.2 Å². The van der Waals surface area contributed by atoms with Crippen LogP contribution >= 0.6 is 12.4 Å². The van der Waals surface area contributed by atoms with Crippen LogP contribution in [0.15, 0.2) is 0 Å². The van der Waals surface area contributed by atoms with Gasteiger partial charge in [-0.3, -0.25) is 4.79 Å². The van der Waals surface area contributed by atoms with Crippen LogP contribution < -0.4 is 0 Å². The molecule has 0 radical (unpaired) electrons. The Morgan fingerprint density at radius 2 is 1.65 bits per heavy atom. The van der Waals surface area contributed by atoms with Crippen LogP contribution in [-0.2, 0) is 9.53 Å². The summed E-state index contributed by atoms with van der Waals surface area (Å²) in [5, 5.41) is 0. The number of carbonyl (C=O) groups is 1. The maximum absolute atomic E-state index is 12.7. The van der Waals surface area contributed by atoms with E-state index in [1.165, 1.54) is 57.8 Å². The number of carbonyl (C=O) groups excluding carboxylic acids is 1. The zero-order valence-corrected chi connectivity index (χ0v) is 16.0. The Bertz CT molecular complexity index is 334. The SMILES string of the molecule is CN(C)CCOC(=O)C1(CCC2CCCCC2)CCCCC1.Cl. The van der Waals surface area contributed by atoms with E-state index in [4.69, 9.17) is 4.74 Å². The molecule has 0 N–H and O–H groups in total. The number of nitrogens with zero attached hydrogens (tertiary/aromatic N) is 1. The van der Waals surface area contributed by atoms with Crippen LogP contribution in [0.5, 0.6) is 0 Å². The van der Waals surface area contributed by atoms with Gasteiger partial charge in [0, 0.05) is 6.54 Å². The van der Waals surface area contributed by atoms with E-state index >= 15 is 0 Å². The van der Waals surface area contributed by atoms with Crippen LogP contribution in [0, 0.1) is 11.3 Å². The van der Waals surface area contributed by atoms with E-state index in [2.05, 4.69) is 4.90 Å². The van der Waals surface area contributed by atoms with E-state index in [1.807, 2.05) is 14.1 Å². The van der Waals surface area contributed by atoms with Crippen molar-refractivity contribution in [3.05, 3.63) is 0 Å². The fourth-order valence-corrected chi connectivity index (χ4v) is 4.21.